The third-order valence-electron chi connectivity index (χ3n) is 3.67. The van der Waals surface area contributed by atoms with Crippen LogP contribution in [0.1, 0.15) is 37.1 Å². The van der Waals surface area contributed by atoms with Crippen molar-refractivity contribution in [3.63, 3.8) is 0 Å². The zero-order valence-electron chi connectivity index (χ0n) is 12.3. The summed E-state index contributed by atoms with van der Waals surface area (Å²) in [5, 5.41) is 5.55. The molecule has 1 aromatic rings. The Balaban J connectivity index is 1.99. The van der Waals surface area contributed by atoms with Crippen LogP contribution < -0.4 is 15.5 Å². The second-order valence-electron chi connectivity index (χ2n) is 5.51. The fourth-order valence-corrected chi connectivity index (χ4v) is 2.48. The molecular formula is C14H19N5O2. The Kier molecular flexibility index (Phi) is 3.48. The van der Waals surface area contributed by atoms with Crippen molar-refractivity contribution in [2.24, 2.45) is 0 Å². The van der Waals surface area contributed by atoms with Crippen molar-refractivity contribution in [2.45, 2.75) is 32.6 Å². The highest BCUT2D eigenvalue weighted by Gasteiger charge is 2.31. The van der Waals surface area contributed by atoms with E-state index in [0.29, 0.717) is 11.7 Å². The van der Waals surface area contributed by atoms with E-state index in [1.807, 2.05) is 13.8 Å². The van der Waals surface area contributed by atoms with Gasteiger partial charge in [0.15, 0.2) is 0 Å². The maximum Gasteiger partial charge on any atom is 0.246 e. The number of carbonyl (C=O) groups is 2. The predicted molar refractivity (Wildman–Crippen MR) is 78.3 cm³/mol. The van der Waals surface area contributed by atoms with Gasteiger partial charge in [-0.05, 0) is 26.7 Å². The first-order valence-electron chi connectivity index (χ1n) is 7.28. The van der Waals surface area contributed by atoms with E-state index in [1.165, 1.54) is 0 Å². The van der Waals surface area contributed by atoms with Crippen molar-refractivity contribution in [3.05, 3.63) is 11.4 Å². The number of amides is 2. The topological polar surface area (TPSA) is 87.2 Å². The van der Waals surface area contributed by atoms with Gasteiger partial charge in [-0.3, -0.25) is 14.9 Å². The zero-order valence-corrected chi connectivity index (χ0v) is 12.3. The molecule has 0 atom stereocenters. The number of nitrogens with zero attached hydrogens (tertiary/aromatic N) is 3. The quantitative estimate of drug-likeness (QED) is 0.787. The average molecular weight is 289 g/mol. The molecule has 2 fully saturated rings. The molecule has 0 radical (unpaired) electrons. The summed E-state index contributed by atoms with van der Waals surface area (Å²) in [6, 6.07) is 0. The number of rotatable bonds is 4. The lowest BCUT2D eigenvalue weighted by atomic mass is 10.2. The van der Waals surface area contributed by atoms with Gasteiger partial charge in [0.1, 0.15) is 17.5 Å². The predicted octanol–water partition coefficient (Wildman–Crippen LogP) is 0.557. The fourth-order valence-electron chi connectivity index (χ4n) is 2.48. The minimum atomic E-state index is -0.290. The van der Waals surface area contributed by atoms with Gasteiger partial charge in [0.2, 0.25) is 11.8 Å². The Morgan fingerprint density at radius 1 is 1.24 bits per heavy atom. The molecule has 1 saturated heterocycles. The molecule has 7 nitrogen and oxygen atoms in total. The van der Waals surface area contributed by atoms with Crippen LogP contribution in [0.5, 0.6) is 0 Å². The van der Waals surface area contributed by atoms with Gasteiger partial charge in [-0.1, -0.05) is 0 Å². The van der Waals surface area contributed by atoms with Crippen LogP contribution >= 0.6 is 0 Å². The largest absolute Gasteiger partial charge is 0.370 e. The van der Waals surface area contributed by atoms with E-state index in [2.05, 4.69) is 20.6 Å². The van der Waals surface area contributed by atoms with E-state index in [1.54, 1.807) is 4.90 Å². The number of aromatic nitrogens is 2. The van der Waals surface area contributed by atoms with Crippen LogP contribution in [0.15, 0.2) is 0 Å². The molecule has 0 bridgehead atoms. The van der Waals surface area contributed by atoms with E-state index >= 15 is 0 Å². The lowest BCUT2D eigenvalue weighted by Crippen LogP contribution is -2.52. The Bertz CT molecular complexity index is 581. The monoisotopic (exact) mass is 289 g/mol. The second kappa shape index (κ2) is 5.31. The summed E-state index contributed by atoms with van der Waals surface area (Å²) in [4.78, 5) is 34.1. The summed E-state index contributed by atoms with van der Waals surface area (Å²) in [6.07, 6.45) is 2.21. The molecule has 112 valence electrons. The molecule has 2 aliphatic rings. The highest BCUT2D eigenvalue weighted by atomic mass is 16.2. The third-order valence-corrected chi connectivity index (χ3v) is 3.67. The molecule has 2 amide bonds. The summed E-state index contributed by atoms with van der Waals surface area (Å²) in [7, 11) is 0. The van der Waals surface area contributed by atoms with Gasteiger partial charge >= 0.3 is 0 Å². The summed E-state index contributed by atoms with van der Waals surface area (Å²) in [6.45, 7) is 5.00. The van der Waals surface area contributed by atoms with Crippen molar-refractivity contribution in [2.75, 3.05) is 29.9 Å². The fraction of sp³-hybridized carbons (Fsp3) is 0.571. The maximum atomic E-state index is 11.6. The Morgan fingerprint density at radius 3 is 2.48 bits per heavy atom. The summed E-state index contributed by atoms with van der Waals surface area (Å²) in [5.41, 5.74) is 0.878. The van der Waals surface area contributed by atoms with Gasteiger partial charge in [0.05, 0.1) is 13.1 Å². The van der Waals surface area contributed by atoms with Gasteiger partial charge in [-0.2, -0.15) is 0 Å². The summed E-state index contributed by atoms with van der Waals surface area (Å²) < 4.78 is 0. The molecule has 7 heteroatoms. The van der Waals surface area contributed by atoms with Crippen molar-refractivity contribution in [3.8, 4) is 0 Å². The number of hydrogen-bond acceptors (Lipinski definition) is 6. The first-order chi connectivity index (χ1) is 10.1. The minimum absolute atomic E-state index is 0.152. The average Bonchev–Trinajstić information content (AvgIpc) is 3.24. The van der Waals surface area contributed by atoms with Gasteiger partial charge in [0, 0.05) is 18.0 Å². The standard InChI is InChI=1S/C14H19N5O2/c1-3-15-12-8(2)14(18-13(17-12)9-4-5-9)19-6-10(20)16-11(21)7-19/h9H,3-7H2,1-2H3,(H,15,17,18)(H,16,20,21). The van der Waals surface area contributed by atoms with Crippen LogP contribution in [-0.4, -0.2) is 41.4 Å². The molecule has 3 rings (SSSR count). The smallest absolute Gasteiger partial charge is 0.246 e. The molecule has 2 N–H and O–H groups in total. The Morgan fingerprint density at radius 2 is 1.90 bits per heavy atom. The van der Waals surface area contributed by atoms with Gasteiger partial charge < -0.3 is 10.2 Å². The van der Waals surface area contributed by atoms with E-state index in [0.717, 1.165) is 36.6 Å². The Labute approximate surface area is 123 Å². The molecular weight excluding hydrogens is 270 g/mol. The molecule has 1 aliphatic carbocycles. The van der Waals surface area contributed by atoms with Crippen LogP contribution in [-0.2, 0) is 9.59 Å². The first-order valence-corrected chi connectivity index (χ1v) is 7.28. The molecule has 1 aromatic heterocycles. The van der Waals surface area contributed by atoms with E-state index in [4.69, 9.17) is 0 Å². The third kappa shape index (κ3) is 2.81. The Hall–Kier alpha value is -2.18. The van der Waals surface area contributed by atoms with Crippen molar-refractivity contribution < 1.29 is 9.59 Å². The lowest BCUT2D eigenvalue weighted by molar-refractivity contribution is -0.130. The molecule has 0 unspecified atom stereocenters. The highest BCUT2D eigenvalue weighted by molar-refractivity contribution is 6.02. The van der Waals surface area contributed by atoms with Crippen LogP contribution in [0.4, 0.5) is 11.6 Å². The van der Waals surface area contributed by atoms with E-state index in [9.17, 15) is 9.59 Å². The van der Waals surface area contributed by atoms with Gasteiger partial charge in [-0.25, -0.2) is 9.97 Å². The number of carbonyl (C=O) groups excluding carboxylic acids is 2. The van der Waals surface area contributed by atoms with Gasteiger partial charge in [0.25, 0.3) is 0 Å². The summed E-state index contributed by atoms with van der Waals surface area (Å²) >= 11 is 0. The van der Waals surface area contributed by atoms with Crippen molar-refractivity contribution >= 4 is 23.5 Å². The number of piperazine rings is 1. The van der Waals surface area contributed by atoms with Crippen molar-refractivity contribution in [1.29, 1.82) is 0 Å². The molecule has 2 heterocycles. The lowest BCUT2D eigenvalue weighted by Gasteiger charge is -2.28. The number of imide groups is 1. The first kappa shape index (κ1) is 13.8. The van der Waals surface area contributed by atoms with Crippen LogP contribution in [0.3, 0.4) is 0 Å². The molecule has 0 spiro atoms. The van der Waals surface area contributed by atoms with Crippen molar-refractivity contribution in [1.82, 2.24) is 15.3 Å². The van der Waals surface area contributed by atoms with Crippen LogP contribution in [0, 0.1) is 6.92 Å². The molecule has 0 aromatic carbocycles. The van der Waals surface area contributed by atoms with E-state index in [-0.39, 0.29) is 24.9 Å². The second-order valence-corrected chi connectivity index (χ2v) is 5.51. The SMILES string of the molecule is CCNc1nc(C2CC2)nc(N2CC(=O)NC(=O)C2)c1C. The molecule has 21 heavy (non-hydrogen) atoms. The van der Waals surface area contributed by atoms with Gasteiger partial charge in [-0.15, -0.1) is 0 Å². The number of anilines is 2. The number of nitrogens with one attached hydrogen (secondary N) is 2. The number of hydrogen-bond donors (Lipinski definition) is 2. The zero-order chi connectivity index (χ0) is 15.0. The molecule has 1 aliphatic heterocycles. The molecule has 1 saturated carbocycles. The normalized spacial score (nSPS) is 18.7. The van der Waals surface area contributed by atoms with Crippen LogP contribution in [0.25, 0.3) is 0 Å². The van der Waals surface area contributed by atoms with Crippen LogP contribution in [0.2, 0.25) is 0 Å². The highest BCUT2D eigenvalue weighted by Crippen LogP contribution is 2.40. The summed E-state index contributed by atoms with van der Waals surface area (Å²) in [5.74, 6) is 2.12. The minimum Gasteiger partial charge on any atom is -0.370 e. The maximum absolute atomic E-state index is 11.6. The van der Waals surface area contributed by atoms with E-state index < -0.39 is 0 Å².